The summed E-state index contributed by atoms with van der Waals surface area (Å²) in [4.78, 5) is 23.4. The largest absolute Gasteiger partial charge is 0.294 e. The van der Waals surface area contributed by atoms with Gasteiger partial charge in [-0.2, -0.15) is 0 Å². The van der Waals surface area contributed by atoms with Gasteiger partial charge in [0, 0.05) is 11.1 Å². The fourth-order valence-electron chi connectivity index (χ4n) is 2.83. The molecule has 0 amide bonds. The van der Waals surface area contributed by atoms with Crippen molar-refractivity contribution in [3.63, 3.8) is 0 Å². The van der Waals surface area contributed by atoms with Gasteiger partial charge in [0.2, 0.25) is 0 Å². The fourth-order valence-corrected chi connectivity index (χ4v) is 4.09. The van der Waals surface area contributed by atoms with E-state index in [1.807, 2.05) is 31.2 Å². The predicted octanol–water partition coefficient (Wildman–Crippen LogP) is 4.53. The number of nitrogens with zero attached hydrogens (tertiary/aromatic N) is 3. The molecule has 0 unspecified atom stereocenters. The molecule has 0 fully saturated rings. The number of fused-ring (bicyclic) bond motifs is 1. The van der Waals surface area contributed by atoms with Crippen molar-refractivity contribution >= 4 is 33.2 Å². The maximum Gasteiger partial charge on any atom is 0.262 e. The van der Waals surface area contributed by atoms with Crippen LogP contribution in [0.15, 0.2) is 59.8 Å². The van der Waals surface area contributed by atoms with E-state index in [9.17, 15) is 4.79 Å². The summed E-state index contributed by atoms with van der Waals surface area (Å²) in [5, 5.41) is 1.12. The topological polar surface area (TPSA) is 47.8 Å². The number of hydrogen-bond acceptors (Lipinski definition) is 4. The first kappa shape index (κ1) is 16.0. The number of rotatable bonds is 3. The summed E-state index contributed by atoms with van der Waals surface area (Å²) in [6.07, 6.45) is 3.28. The van der Waals surface area contributed by atoms with Crippen LogP contribution >= 0.6 is 22.9 Å². The summed E-state index contributed by atoms with van der Waals surface area (Å²) in [6.45, 7) is 2.40. The lowest BCUT2D eigenvalue weighted by molar-refractivity contribution is 0.746. The van der Waals surface area contributed by atoms with Gasteiger partial charge in [0.15, 0.2) is 0 Å². The van der Waals surface area contributed by atoms with Gasteiger partial charge in [-0.25, -0.2) is 9.97 Å². The molecule has 4 nitrogen and oxygen atoms in total. The zero-order valence-electron chi connectivity index (χ0n) is 13.4. The number of thiophene rings is 1. The van der Waals surface area contributed by atoms with Crippen LogP contribution in [0, 0.1) is 6.92 Å². The Bertz CT molecular complexity index is 1100. The van der Waals surface area contributed by atoms with Crippen LogP contribution in [0.1, 0.15) is 11.1 Å². The molecule has 4 aromatic rings. The number of halogens is 1. The average Bonchev–Trinajstić information content (AvgIpc) is 2.97. The third kappa shape index (κ3) is 2.97. The minimum Gasteiger partial charge on any atom is -0.294 e. The molecule has 1 aromatic carbocycles. The molecule has 0 aliphatic heterocycles. The Morgan fingerprint density at radius 1 is 1.12 bits per heavy atom. The SMILES string of the molecule is Cc1c(-c2ccccc2)sc2ncn(Cc3ccc(Cl)nc3)c(=O)c12. The molecule has 0 aliphatic rings. The summed E-state index contributed by atoms with van der Waals surface area (Å²) in [6, 6.07) is 13.7. The Morgan fingerprint density at radius 2 is 1.92 bits per heavy atom. The normalized spacial score (nSPS) is 11.1. The van der Waals surface area contributed by atoms with Crippen molar-refractivity contribution in [2.75, 3.05) is 0 Å². The second kappa shape index (κ2) is 6.43. The molecular weight excluding hydrogens is 354 g/mol. The van der Waals surface area contributed by atoms with Gasteiger partial charge in [-0.3, -0.25) is 9.36 Å². The molecule has 0 spiro atoms. The maximum absolute atomic E-state index is 12.9. The third-order valence-corrected chi connectivity index (χ3v) is 5.57. The molecule has 0 saturated carbocycles. The average molecular weight is 368 g/mol. The van der Waals surface area contributed by atoms with Crippen molar-refractivity contribution in [1.82, 2.24) is 14.5 Å². The monoisotopic (exact) mass is 367 g/mol. The summed E-state index contributed by atoms with van der Waals surface area (Å²) < 4.78 is 1.61. The van der Waals surface area contributed by atoms with Gasteiger partial charge in [0.1, 0.15) is 9.98 Å². The van der Waals surface area contributed by atoms with E-state index < -0.39 is 0 Å². The van der Waals surface area contributed by atoms with Crippen molar-refractivity contribution in [3.05, 3.63) is 81.6 Å². The quantitative estimate of drug-likeness (QED) is 0.500. The lowest BCUT2D eigenvalue weighted by Gasteiger charge is -2.05. The third-order valence-electron chi connectivity index (χ3n) is 4.09. The Kier molecular flexibility index (Phi) is 4.11. The summed E-state index contributed by atoms with van der Waals surface area (Å²) in [5.74, 6) is 0. The van der Waals surface area contributed by atoms with Gasteiger partial charge < -0.3 is 0 Å². The predicted molar refractivity (Wildman–Crippen MR) is 102 cm³/mol. The molecule has 124 valence electrons. The van der Waals surface area contributed by atoms with Gasteiger partial charge >= 0.3 is 0 Å². The van der Waals surface area contributed by atoms with Crippen LogP contribution < -0.4 is 5.56 Å². The number of aryl methyl sites for hydroxylation is 1. The summed E-state index contributed by atoms with van der Waals surface area (Å²) in [5.41, 5.74) is 2.96. The summed E-state index contributed by atoms with van der Waals surface area (Å²) >= 11 is 7.37. The van der Waals surface area contributed by atoms with E-state index in [4.69, 9.17) is 11.6 Å². The highest BCUT2D eigenvalue weighted by Crippen LogP contribution is 2.35. The highest BCUT2D eigenvalue weighted by Gasteiger charge is 2.15. The van der Waals surface area contributed by atoms with Gasteiger partial charge in [0.25, 0.3) is 5.56 Å². The van der Waals surface area contributed by atoms with E-state index in [-0.39, 0.29) is 5.56 Å². The van der Waals surface area contributed by atoms with Crippen LogP contribution in [0.25, 0.3) is 20.7 Å². The standard InChI is InChI=1S/C19H14ClN3OS/c1-12-16-18(25-17(12)14-5-3-2-4-6-14)22-11-23(19(16)24)10-13-7-8-15(20)21-9-13/h2-9,11H,10H2,1H3. The van der Waals surface area contributed by atoms with E-state index in [2.05, 4.69) is 22.1 Å². The van der Waals surface area contributed by atoms with Crippen LogP contribution in [0.3, 0.4) is 0 Å². The molecule has 0 radical (unpaired) electrons. The van der Waals surface area contributed by atoms with Crippen molar-refractivity contribution in [3.8, 4) is 10.4 Å². The molecule has 25 heavy (non-hydrogen) atoms. The smallest absolute Gasteiger partial charge is 0.262 e. The number of pyridine rings is 1. The molecule has 0 aliphatic carbocycles. The highest BCUT2D eigenvalue weighted by molar-refractivity contribution is 7.22. The first-order valence-electron chi connectivity index (χ1n) is 7.78. The van der Waals surface area contributed by atoms with E-state index in [1.54, 1.807) is 34.5 Å². The van der Waals surface area contributed by atoms with Crippen LogP contribution in [0.4, 0.5) is 0 Å². The highest BCUT2D eigenvalue weighted by atomic mass is 35.5. The molecule has 0 N–H and O–H groups in total. The van der Waals surface area contributed by atoms with Crippen LogP contribution in [-0.4, -0.2) is 14.5 Å². The van der Waals surface area contributed by atoms with Crippen LogP contribution in [0.5, 0.6) is 0 Å². The minimum absolute atomic E-state index is 0.0316. The molecule has 0 saturated heterocycles. The molecule has 3 heterocycles. The van der Waals surface area contributed by atoms with Crippen molar-refractivity contribution in [2.24, 2.45) is 0 Å². The number of benzene rings is 1. The molecule has 4 rings (SSSR count). The maximum atomic E-state index is 12.9. The minimum atomic E-state index is -0.0316. The Labute approximate surface area is 153 Å². The fraction of sp³-hybridized carbons (Fsp3) is 0.105. The van der Waals surface area contributed by atoms with E-state index in [0.717, 1.165) is 26.4 Å². The Balaban J connectivity index is 1.81. The van der Waals surface area contributed by atoms with E-state index in [0.29, 0.717) is 17.1 Å². The number of hydrogen-bond donors (Lipinski definition) is 0. The van der Waals surface area contributed by atoms with E-state index in [1.165, 1.54) is 0 Å². The zero-order valence-corrected chi connectivity index (χ0v) is 15.0. The van der Waals surface area contributed by atoms with Gasteiger partial charge in [-0.1, -0.05) is 48.0 Å². The Hall–Kier alpha value is -2.50. The molecule has 0 bridgehead atoms. The van der Waals surface area contributed by atoms with Crippen LogP contribution in [-0.2, 0) is 6.54 Å². The second-order valence-electron chi connectivity index (χ2n) is 5.77. The summed E-state index contributed by atoms with van der Waals surface area (Å²) in [7, 11) is 0. The van der Waals surface area contributed by atoms with Crippen molar-refractivity contribution < 1.29 is 0 Å². The zero-order chi connectivity index (χ0) is 17.4. The van der Waals surface area contributed by atoms with Crippen molar-refractivity contribution in [2.45, 2.75) is 13.5 Å². The molecular formula is C19H14ClN3OS. The first-order chi connectivity index (χ1) is 12.1. The van der Waals surface area contributed by atoms with Gasteiger partial charge in [0.05, 0.1) is 18.3 Å². The van der Waals surface area contributed by atoms with Crippen LogP contribution in [0.2, 0.25) is 5.15 Å². The first-order valence-corrected chi connectivity index (χ1v) is 8.97. The Morgan fingerprint density at radius 3 is 2.64 bits per heavy atom. The molecule has 6 heteroatoms. The second-order valence-corrected chi connectivity index (χ2v) is 7.16. The molecule has 0 atom stereocenters. The lowest BCUT2D eigenvalue weighted by Crippen LogP contribution is -2.21. The number of aromatic nitrogens is 3. The molecule has 3 aromatic heterocycles. The van der Waals surface area contributed by atoms with Gasteiger partial charge in [-0.15, -0.1) is 11.3 Å². The van der Waals surface area contributed by atoms with Crippen molar-refractivity contribution in [1.29, 1.82) is 0 Å². The van der Waals surface area contributed by atoms with Gasteiger partial charge in [-0.05, 0) is 29.7 Å². The van der Waals surface area contributed by atoms with E-state index >= 15 is 0 Å². The lowest BCUT2D eigenvalue weighted by atomic mass is 10.1.